The van der Waals surface area contributed by atoms with Gasteiger partial charge in [-0.3, -0.25) is 14.5 Å². The van der Waals surface area contributed by atoms with Gasteiger partial charge in [-0.1, -0.05) is 36.4 Å². The number of para-hydroxylation sites is 1. The molecule has 0 saturated carbocycles. The maximum atomic E-state index is 12.6. The second-order valence-corrected chi connectivity index (χ2v) is 7.36. The molecule has 3 rings (SSSR count). The largest absolute Gasteiger partial charge is 0.496 e. The summed E-state index contributed by atoms with van der Waals surface area (Å²) in [6.07, 6.45) is 1.67. The molecule has 2 aromatic carbocycles. The lowest BCUT2D eigenvalue weighted by atomic mass is 10.0. The number of hydrogen-bond donors (Lipinski definition) is 2. The maximum absolute atomic E-state index is 12.6. The first-order valence-electron chi connectivity index (χ1n) is 10.1. The van der Waals surface area contributed by atoms with E-state index in [0.29, 0.717) is 12.1 Å². The number of rotatable bonds is 7. The van der Waals surface area contributed by atoms with Crippen LogP contribution in [0.4, 0.5) is 0 Å². The summed E-state index contributed by atoms with van der Waals surface area (Å²) in [4.78, 5) is 27.1. The number of carbonyl (C=O) groups is 2. The molecule has 0 aliphatic carbocycles. The Balaban J connectivity index is 1.45. The number of carbonyl (C=O) groups excluding carboxylic acids is 2. The summed E-state index contributed by atoms with van der Waals surface area (Å²) >= 11 is 0. The fourth-order valence-electron chi connectivity index (χ4n) is 3.63. The van der Waals surface area contributed by atoms with Crippen LogP contribution in [0.25, 0.3) is 0 Å². The average Bonchev–Trinajstić information content (AvgIpc) is 2.78. The molecule has 2 N–H and O–H groups in total. The van der Waals surface area contributed by atoms with E-state index in [4.69, 9.17) is 4.74 Å². The molecule has 154 valence electrons. The van der Waals surface area contributed by atoms with E-state index in [1.165, 1.54) is 0 Å². The third kappa shape index (κ3) is 5.57. The summed E-state index contributed by atoms with van der Waals surface area (Å²) in [6.45, 7) is 3.93. The number of methoxy groups -OCH3 is 1. The highest BCUT2D eigenvalue weighted by Crippen LogP contribution is 2.18. The van der Waals surface area contributed by atoms with E-state index in [2.05, 4.69) is 15.5 Å². The lowest BCUT2D eigenvalue weighted by Gasteiger charge is -2.35. The first-order valence-corrected chi connectivity index (χ1v) is 10.1. The van der Waals surface area contributed by atoms with Gasteiger partial charge in [0, 0.05) is 36.8 Å². The third-order valence-corrected chi connectivity index (χ3v) is 5.47. The first-order chi connectivity index (χ1) is 14.1. The van der Waals surface area contributed by atoms with Gasteiger partial charge in [0.2, 0.25) is 5.91 Å². The second kappa shape index (κ2) is 10.1. The topological polar surface area (TPSA) is 70.7 Å². The SMILES string of the molecule is COc1ccccc1CNC(=O)[C@H](C)N1CCC(NC(=O)c2ccccc2)CC1. The van der Waals surface area contributed by atoms with E-state index >= 15 is 0 Å². The highest BCUT2D eigenvalue weighted by molar-refractivity contribution is 5.94. The van der Waals surface area contributed by atoms with Crippen molar-refractivity contribution in [3.05, 3.63) is 65.7 Å². The van der Waals surface area contributed by atoms with Crippen LogP contribution in [0.3, 0.4) is 0 Å². The summed E-state index contributed by atoms with van der Waals surface area (Å²) in [6, 6.07) is 16.9. The van der Waals surface area contributed by atoms with Crippen LogP contribution in [0.5, 0.6) is 5.75 Å². The molecular formula is C23H29N3O3. The number of likely N-dealkylation sites (tertiary alicyclic amines) is 1. The zero-order valence-corrected chi connectivity index (χ0v) is 17.1. The smallest absolute Gasteiger partial charge is 0.251 e. The molecule has 1 aliphatic rings. The molecule has 0 radical (unpaired) electrons. The molecule has 6 heteroatoms. The number of piperidine rings is 1. The summed E-state index contributed by atoms with van der Waals surface area (Å²) in [5.74, 6) is 0.741. The monoisotopic (exact) mass is 395 g/mol. The van der Waals surface area contributed by atoms with Crippen molar-refractivity contribution in [3.63, 3.8) is 0 Å². The zero-order chi connectivity index (χ0) is 20.6. The van der Waals surface area contributed by atoms with Gasteiger partial charge in [-0.15, -0.1) is 0 Å². The van der Waals surface area contributed by atoms with Gasteiger partial charge in [-0.25, -0.2) is 0 Å². The number of amides is 2. The number of benzene rings is 2. The average molecular weight is 396 g/mol. The summed E-state index contributed by atoms with van der Waals surface area (Å²) in [7, 11) is 1.63. The van der Waals surface area contributed by atoms with E-state index in [9.17, 15) is 9.59 Å². The van der Waals surface area contributed by atoms with Gasteiger partial charge in [-0.05, 0) is 38.0 Å². The first kappa shape index (κ1) is 20.9. The van der Waals surface area contributed by atoms with Gasteiger partial charge < -0.3 is 15.4 Å². The molecule has 1 heterocycles. The normalized spacial score (nSPS) is 16.1. The Hall–Kier alpha value is -2.86. The number of ether oxygens (including phenoxy) is 1. The zero-order valence-electron chi connectivity index (χ0n) is 17.1. The third-order valence-electron chi connectivity index (χ3n) is 5.47. The van der Waals surface area contributed by atoms with Crippen LogP contribution < -0.4 is 15.4 Å². The highest BCUT2D eigenvalue weighted by Gasteiger charge is 2.27. The Labute approximate surface area is 172 Å². The molecule has 1 saturated heterocycles. The van der Waals surface area contributed by atoms with Gasteiger partial charge in [0.25, 0.3) is 5.91 Å². The molecule has 1 aliphatic heterocycles. The van der Waals surface area contributed by atoms with Crippen molar-refractivity contribution in [1.29, 1.82) is 0 Å². The van der Waals surface area contributed by atoms with Crippen molar-refractivity contribution >= 4 is 11.8 Å². The molecule has 1 atom stereocenters. The molecule has 6 nitrogen and oxygen atoms in total. The van der Waals surface area contributed by atoms with Crippen LogP contribution in [0, 0.1) is 0 Å². The molecule has 0 aromatic heterocycles. The molecule has 2 amide bonds. The van der Waals surface area contributed by atoms with Crippen molar-refractivity contribution in [2.75, 3.05) is 20.2 Å². The molecule has 29 heavy (non-hydrogen) atoms. The Bertz CT molecular complexity index is 817. The Morgan fingerprint density at radius 1 is 1.07 bits per heavy atom. The van der Waals surface area contributed by atoms with Gasteiger partial charge in [0.05, 0.1) is 13.2 Å². The Morgan fingerprint density at radius 2 is 1.72 bits per heavy atom. The minimum Gasteiger partial charge on any atom is -0.496 e. The summed E-state index contributed by atoms with van der Waals surface area (Å²) < 4.78 is 5.33. The van der Waals surface area contributed by atoms with Crippen LogP contribution in [0.2, 0.25) is 0 Å². The molecule has 0 spiro atoms. The summed E-state index contributed by atoms with van der Waals surface area (Å²) in [5.41, 5.74) is 1.64. The van der Waals surface area contributed by atoms with Crippen molar-refractivity contribution in [2.45, 2.75) is 38.4 Å². The molecule has 1 fully saturated rings. The minimum absolute atomic E-state index is 0.00248. The fourth-order valence-corrected chi connectivity index (χ4v) is 3.63. The number of nitrogens with zero attached hydrogens (tertiary/aromatic N) is 1. The van der Waals surface area contributed by atoms with E-state index < -0.39 is 0 Å². The van der Waals surface area contributed by atoms with Gasteiger partial charge in [-0.2, -0.15) is 0 Å². The van der Waals surface area contributed by atoms with Crippen LogP contribution in [-0.4, -0.2) is 49.0 Å². The fraction of sp³-hybridized carbons (Fsp3) is 0.391. The predicted octanol–water partition coefficient (Wildman–Crippen LogP) is 2.59. The highest BCUT2D eigenvalue weighted by atomic mass is 16.5. The van der Waals surface area contributed by atoms with E-state index in [0.717, 1.165) is 37.2 Å². The van der Waals surface area contributed by atoms with Crippen LogP contribution in [0.15, 0.2) is 54.6 Å². The number of nitrogens with one attached hydrogen (secondary N) is 2. The Morgan fingerprint density at radius 3 is 2.41 bits per heavy atom. The van der Waals surface area contributed by atoms with Crippen molar-refractivity contribution < 1.29 is 14.3 Å². The lowest BCUT2D eigenvalue weighted by Crippen LogP contribution is -2.51. The quantitative estimate of drug-likeness (QED) is 0.756. The van der Waals surface area contributed by atoms with Gasteiger partial charge >= 0.3 is 0 Å². The van der Waals surface area contributed by atoms with E-state index in [1.54, 1.807) is 7.11 Å². The van der Waals surface area contributed by atoms with Crippen molar-refractivity contribution in [1.82, 2.24) is 15.5 Å². The van der Waals surface area contributed by atoms with Gasteiger partial charge in [0.1, 0.15) is 5.75 Å². The molecule has 0 unspecified atom stereocenters. The predicted molar refractivity (Wildman–Crippen MR) is 113 cm³/mol. The minimum atomic E-state index is -0.213. The lowest BCUT2D eigenvalue weighted by molar-refractivity contribution is -0.126. The Kier molecular flexibility index (Phi) is 7.25. The van der Waals surface area contributed by atoms with Crippen molar-refractivity contribution in [2.24, 2.45) is 0 Å². The van der Waals surface area contributed by atoms with E-state index in [1.807, 2.05) is 61.5 Å². The van der Waals surface area contributed by atoms with E-state index in [-0.39, 0.29) is 23.9 Å². The van der Waals surface area contributed by atoms with Gasteiger partial charge in [0.15, 0.2) is 0 Å². The molecule has 0 bridgehead atoms. The standard InChI is InChI=1S/C23H29N3O3/c1-17(22(27)24-16-19-10-6-7-11-21(19)29-2)26-14-12-20(13-15-26)25-23(28)18-8-4-3-5-9-18/h3-11,17,20H,12-16H2,1-2H3,(H,24,27)(H,25,28)/t17-/m0/s1. The number of hydrogen-bond acceptors (Lipinski definition) is 4. The molecule has 2 aromatic rings. The van der Waals surface area contributed by atoms with Crippen LogP contribution in [-0.2, 0) is 11.3 Å². The van der Waals surface area contributed by atoms with Crippen LogP contribution in [0.1, 0.15) is 35.7 Å². The second-order valence-electron chi connectivity index (χ2n) is 7.36. The maximum Gasteiger partial charge on any atom is 0.251 e. The summed E-state index contributed by atoms with van der Waals surface area (Å²) in [5, 5.41) is 6.11. The van der Waals surface area contributed by atoms with Crippen LogP contribution >= 0.6 is 0 Å². The molecular weight excluding hydrogens is 366 g/mol. The van der Waals surface area contributed by atoms with Crippen molar-refractivity contribution in [3.8, 4) is 5.75 Å².